The Morgan fingerprint density at radius 3 is 2.57 bits per heavy atom. The monoisotopic (exact) mass is 323 g/mol. The predicted molar refractivity (Wildman–Crippen MR) is 62.5 cm³/mol. The maximum Gasteiger partial charge on any atom is 0.435 e. The molecule has 0 unspecified atom stereocenters. The van der Waals surface area contributed by atoms with Crippen LogP contribution in [0.3, 0.4) is 0 Å². The molecule has 1 aromatic carbocycles. The van der Waals surface area contributed by atoms with E-state index in [1.165, 1.54) is 12.1 Å². The number of carboxylic acid groups (broad SMARTS) is 1. The van der Waals surface area contributed by atoms with Gasteiger partial charge in [-0.3, -0.25) is 0 Å². The molecule has 1 aromatic heterocycles. The lowest BCUT2D eigenvalue weighted by Gasteiger charge is -2.10. The summed E-state index contributed by atoms with van der Waals surface area (Å²) in [6.45, 7) is -0.497. The van der Waals surface area contributed by atoms with Gasteiger partial charge in [0.05, 0.1) is 11.6 Å². The van der Waals surface area contributed by atoms with Crippen LogP contribution in [0.25, 0.3) is 0 Å². The van der Waals surface area contributed by atoms with Gasteiger partial charge in [0, 0.05) is 0 Å². The van der Waals surface area contributed by atoms with Gasteiger partial charge in [-0.2, -0.15) is 13.2 Å². The molecular weight excluding hydrogens is 318 g/mol. The summed E-state index contributed by atoms with van der Waals surface area (Å²) in [7, 11) is 0. The van der Waals surface area contributed by atoms with Crippen molar-refractivity contribution in [3.8, 4) is 0 Å². The zero-order valence-corrected chi connectivity index (χ0v) is 10.8. The number of halogens is 5. The zero-order valence-electron chi connectivity index (χ0n) is 10.0. The van der Waals surface area contributed by atoms with Gasteiger partial charge in [0.1, 0.15) is 5.82 Å². The summed E-state index contributed by atoms with van der Waals surface area (Å²) >= 11 is 5.47. The van der Waals surface area contributed by atoms with E-state index >= 15 is 0 Å². The van der Waals surface area contributed by atoms with Gasteiger partial charge in [-0.15, -0.1) is 5.10 Å². The van der Waals surface area contributed by atoms with Crippen molar-refractivity contribution in [2.45, 2.75) is 12.7 Å². The van der Waals surface area contributed by atoms with Gasteiger partial charge in [0.2, 0.25) is 5.69 Å². The van der Waals surface area contributed by atoms with Crippen LogP contribution in [0.2, 0.25) is 5.02 Å². The van der Waals surface area contributed by atoms with Crippen molar-refractivity contribution < 1.29 is 27.5 Å². The normalized spacial score (nSPS) is 11.7. The molecule has 1 heterocycles. The maximum absolute atomic E-state index is 13.3. The first kappa shape index (κ1) is 15.2. The number of nitrogens with zero attached hydrogens (tertiary/aromatic N) is 3. The molecule has 21 heavy (non-hydrogen) atoms. The molecule has 1 N–H and O–H groups in total. The number of benzene rings is 1. The molecule has 2 aromatic rings. The van der Waals surface area contributed by atoms with Crippen LogP contribution in [0, 0.1) is 5.82 Å². The number of hydrogen-bond acceptors (Lipinski definition) is 3. The van der Waals surface area contributed by atoms with Crippen molar-refractivity contribution in [1.82, 2.24) is 15.0 Å². The van der Waals surface area contributed by atoms with E-state index in [0.717, 1.165) is 6.07 Å². The molecule has 0 spiro atoms. The fraction of sp³-hybridized carbons (Fsp3) is 0.182. The second-order valence-corrected chi connectivity index (χ2v) is 4.40. The minimum Gasteiger partial charge on any atom is -0.476 e. The molecule has 0 atom stereocenters. The van der Waals surface area contributed by atoms with E-state index in [0.29, 0.717) is 4.68 Å². The lowest BCUT2D eigenvalue weighted by Crippen LogP contribution is -2.19. The van der Waals surface area contributed by atoms with E-state index < -0.39 is 35.9 Å². The van der Waals surface area contributed by atoms with Gasteiger partial charge in [0.15, 0.2) is 5.69 Å². The van der Waals surface area contributed by atoms with Crippen molar-refractivity contribution in [1.29, 1.82) is 0 Å². The van der Waals surface area contributed by atoms with Crippen molar-refractivity contribution in [2.24, 2.45) is 0 Å². The molecule has 0 fully saturated rings. The molecule has 2 rings (SSSR count). The average Bonchev–Trinajstić information content (AvgIpc) is 2.77. The van der Waals surface area contributed by atoms with E-state index in [1.807, 2.05) is 0 Å². The predicted octanol–water partition coefficient (Wildman–Crippen LogP) is 2.84. The number of rotatable bonds is 3. The number of carboxylic acids is 1. The first-order valence-electron chi connectivity index (χ1n) is 5.38. The number of carbonyl (C=O) groups is 1. The quantitative estimate of drug-likeness (QED) is 0.882. The van der Waals surface area contributed by atoms with Gasteiger partial charge < -0.3 is 5.11 Å². The largest absolute Gasteiger partial charge is 0.476 e. The lowest BCUT2D eigenvalue weighted by atomic mass is 10.2. The molecule has 0 aliphatic carbocycles. The fourth-order valence-electron chi connectivity index (χ4n) is 1.66. The Bertz CT molecular complexity index is 699. The number of aromatic nitrogens is 3. The Balaban J connectivity index is 2.45. The van der Waals surface area contributed by atoms with Crippen LogP contribution in [0.4, 0.5) is 17.6 Å². The number of hydrogen-bond donors (Lipinski definition) is 1. The Morgan fingerprint density at radius 2 is 2.05 bits per heavy atom. The minimum absolute atomic E-state index is 0.129. The van der Waals surface area contributed by atoms with Crippen LogP contribution in [0.1, 0.15) is 21.7 Å². The highest BCUT2D eigenvalue weighted by Crippen LogP contribution is 2.31. The SMILES string of the molecule is O=C(O)c1nnn(Cc2ccc(Cl)c(F)c2)c1C(F)(F)F. The van der Waals surface area contributed by atoms with E-state index in [1.54, 1.807) is 0 Å². The highest BCUT2D eigenvalue weighted by atomic mass is 35.5. The van der Waals surface area contributed by atoms with Crippen molar-refractivity contribution in [3.63, 3.8) is 0 Å². The number of alkyl halides is 3. The first-order chi connectivity index (χ1) is 9.70. The van der Waals surface area contributed by atoms with E-state index in [2.05, 4.69) is 10.3 Å². The summed E-state index contributed by atoms with van der Waals surface area (Å²) in [4.78, 5) is 10.7. The zero-order chi connectivity index (χ0) is 15.8. The Kier molecular flexibility index (Phi) is 3.86. The smallest absolute Gasteiger partial charge is 0.435 e. The maximum atomic E-state index is 13.3. The van der Waals surface area contributed by atoms with Gasteiger partial charge >= 0.3 is 12.1 Å². The molecule has 0 saturated heterocycles. The van der Waals surface area contributed by atoms with Crippen LogP contribution in [-0.2, 0) is 12.7 Å². The average molecular weight is 324 g/mol. The molecule has 0 amide bonds. The highest BCUT2D eigenvalue weighted by molar-refractivity contribution is 6.30. The number of aromatic carboxylic acids is 1. The van der Waals surface area contributed by atoms with Gasteiger partial charge in [-0.1, -0.05) is 22.9 Å². The Hall–Kier alpha value is -2.16. The lowest BCUT2D eigenvalue weighted by molar-refractivity contribution is -0.144. The van der Waals surface area contributed by atoms with Gasteiger partial charge in [0.25, 0.3) is 0 Å². The third-order valence-corrected chi connectivity index (χ3v) is 2.83. The Morgan fingerprint density at radius 1 is 1.38 bits per heavy atom. The van der Waals surface area contributed by atoms with Crippen LogP contribution in [0.15, 0.2) is 18.2 Å². The van der Waals surface area contributed by atoms with E-state index in [-0.39, 0.29) is 10.6 Å². The molecule has 0 bridgehead atoms. The standard InChI is InChI=1S/C11H6ClF4N3O2/c12-6-2-1-5(3-7(6)13)4-19-9(11(14,15)16)8(10(20)21)17-18-19/h1-3H,4H2,(H,20,21). The minimum atomic E-state index is -4.96. The van der Waals surface area contributed by atoms with Crippen LogP contribution < -0.4 is 0 Å². The van der Waals surface area contributed by atoms with Gasteiger partial charge in [-0.05, 0) is 17.7 Å². The first-order valence-corrected chi connectivity index (χ1v) is 5.76. The molecular formula is C11H6ClF4N3O2. The molecule has 0 aliphatic heterocycles. The molecule has 10 heteroatoms. The summed E-state index contributed by atoms with van der Waals surface area (Å²) in [6, 6.07) is 3.41. The van der Waals surface area contributed by atoms with Gasteiger partial charge in [-0.25, -0.2) is 13.9 Å². The summed E-state index contributed by atoms with van der Waals surface area (Å²) < 4.78 is 52.3. The molecule has 112 valence electrons. The van der Waals surface area contributed by atoms with E-state index in [4.69, 9.17) is 16.7 Å². The van der Waals surface area contributed by atoms with Crippen LogP contribution in [-0.4, -0.2) is 26.1 Å². The van der Waals surface area contributed by atoms with Crippen LogP contribution >= 0.6 is 11.6 Å². The summed E-state index contributed by atoms with van der Waals surface area (Å²) in [5.74, 6) is -2.66. The van der Waals surface area contributed by atoms with Crippen molar-refractivity contribution in [3.05, 3.63) is 46.0 Å². The summed E-state index contributed by atoms with van der Waals surface area (Å²) in [5.41, 5.74) is -2.59. The topological polar surface area (TPSA) is 68.0 Å². The molecule has 5 nitrogen and oxygen atoms in total. The van der Waals surface area contributed by atoms with Crippen molar-refractivity contribution >= 4 is 17.6 Å². The van der Waals surface area contributed by atoms with E-state index in [9.17, 15) is 22.4 Å². The van der Waals surface area contributed by atoms with Crippen molar-refractivity contribution in [2.75, 3.05) is 0 Å². The van der Waals surface area contributed by atoms with Crippen LogP contribution in [0.5, 0.6) is 0 Å². The fourth-order valence-corrected chi connectivity index (χ4v) is 1.78. The summed E-state index contributed by atoms with van der Waals surface area (Å²) in [5, 5.41) is 14.7. The third kappa shape index (κ3) is 3.13. The third-order valence-electron chi connectivity index (χ3n) is 2.52. The molecule has 0 saturated carbocycles. The second-order valence-electron chi connectivity index (χ2n) is 4.00. The highest BCUT2D eigenvalue weighted by Gasteiger charge is 2.41. The summed E-state index contributed by atoms with van der Waals surface area (Å²) in [6.07, 6.45) is -4.96. The molecule has 0 radical (unpaired) electrons. The second kappa shape index (κ2) is 5.32. The molecule has 0 aliphatic rings. The Labute approximate surface area is 119 Å².